The van der Waals surface area contributed by atoms with Gasteiger partial charge in [-0.05, 0) is 23.8 Å². The molecule has 0 saturated heterocycles. The Kier molecular flexibility index (Phi) is 4.88. The SMILES string of the molecule is O=C(O)C(COc1cc(Cl)cc(Cl)c1)c1ccccc1. The molecule has 1 N–H and O–H groups in total. The van der Waals surface area contributed by atoms with Gasteiger partial charge in [0.1, 0.15) is 18.3 Å². The fourth-order valence-electron chi connectivity index (χ4n) is 1.79. The number of ether oxygens (including phenoxy) is 1. The number of carboxylic acids is 1. The molecule has 0 amide bonds. The van der Waals surface area contributed by atoms with Crippen molar-refractivity contribution in [2.75, 3.05) is 6.61 Å². The van der Waals surface area contributed by atoms with E-state index in [9.17, 15) is 9.90 Å². The van der Waals surface area contributed by atoms with Crippen molar-refractivity contribution in [3.8, 4) is 5.75 Å². The molecule has 0 saturated carbocycles. The van der Waals surface area contributed by atoms with Crippen LogP contribution in [0.3, 0.4) is 0 Å². The Bertz CT molecular complexity index is 579. The fourth-order valence-corrected chi connectivity index (χ4v) is 2.29. The molecule has 5 heteroatoms. The first-order valence-electron chi connectivity index (χ1n) is 5.93. The van der Waals surface area contributed by atoms with E-state index >= 15 is 0 Å². The largest absolute Gasteiger partial charge is 0.492 e. The predicted octanol–water partition coefficient (Wildman–Crippen LogP) is 4.24. The monoisotopic (exact) mass is 310 g/mol. The van der Waals surface area contributed by atoms with Crippen LogP contribution in [-0.2, 0) is 4.79 Å². The van der Waals surface area contributed by atoms with Crippen molar-refractivity contribution in [2.45, 2.75) is 5.92 Å². The van der Waals surface area contributed by atoms with Crippen molar-refractivity contribution in [3.05, 3.63) is 64.1 Å². The van der Waals surface area contributed by atoms with Crippen molar-refractivity contribution in [3.63, 3.8) is 0 Å². The molecule has 2 aromatic rings. The number of carbonyl (C=O) groups is 1. The molecule has 20 heavy (non-hydrogen) atoms. The second-order valence-electron chi connectivity index (χ2n) is 4.22. The summed E-state index contributed by atoms with van der Waals surface area (Å²) in [5.41, 5.74) is 0.688. The maximum atomic E-state index is 11.3. The number of hydrogen-bond donors (Lipinski definition) is 1. The highest BCUT2D eigenvalue weighted by molar-refractivity contribution is 6.34. The van der Waals surface area contributed by atoms with Gasteiger partial charge < -0.3 is 9.84 Å². The van der Waals surface area contributed by atoms with Gasteiger partial charge in [0.2, 0.25) is 0 Å². The van der Waals surface area contributed by atoms with Crippen molar-refractivity contribution < 1.29 is 14.6 Å². The van der Waals surface area contributed by atoms with E-state index in [1.807, 2.05) is 6.07 Å². The standard InChI is InChI=1S/C15H12Cl2O3/c16-11-6-12(17)8-13(7-11)20-9-14(15(18)19)10-4-2-1-3-5-10/h1-8,14H,9H2,(H,18,19). The quantitative estimate of drug-likeness (QED) is 0.898. The molecule has 0 aliphatic heterocycles. The van der Waals surface area contributed by atoms with Gasteiger partial charge in [-0.2, -0.15) is 0 Å². The summed E-state index contributed by atoms with van der Waals surface area (Å²) in [7, 11) is 0. The second kappa shape index (κ2) is 6.64. The molecule has 1 unspecified atom stereocenters. The lowest BCUT2D eigenvalue weighted by Crippen LogP contribution is -2.19. The summed E-state index contributed by atoms with van der Waals surface area (Å²) in [5.74, 6) is -1.23. The molecule has 0 spiro atoms. The van der Waals surface area contributed by atoms with Crippen LogP contribution in [0.2, 0.25) is 10.0 Å². The highest BCUT2D eigenvalue weighted by Crippen LogP contribution is 2.25. The Morgan fingerprint density at radius 2 is 1.70 bits per heavy atom. The van der Waals surface area contributed by atoms with Gasteiger partial charge in [-0.25, -0.2) is 0 Å². The Morgan fingerprint density at radius 1 is 1.10 bits per heavy atom. The van der Waals surface area contributed by atoms with E-state index in [4.69, 9.17) is 27.9 Å². The molecule has 2 rings (SSSR count). The van der Waals surface area contributed by atoms with Gasteiger partial charge in [-0.1, -0.05) is 53.5 Å². The summed E-state index contributed by atoms with van der Waals surface area (Å²) in [6.45, 7) is 0.00994. The third-order valence-electron chi connectivity index (χ3n) is 2.75. The van der Waals surface area contributed by atoms with Crippen LogP contribution >= 0.6 is 23.2 Å². The van der Waals surface area contributed by atoms with E-state index < -0.39 is 11.9 Å². The Hall–Kier alpha value is -1.71. The van der Waals surface area contributed by atoms with Gasteiger partial charge in [0.05, 0.1) is 0 Å². The maximum absolute atomic E-state index is 11.3. The second-order valence-corrected chi connectivity index (χ2v) is 5.09. The lowest BCUT2D eigenvalue weighted by Gasteiger charge is -2.14. The Labute approximate surface area is 126 Å². The third-order valence-corrected chi connectivity index (χ3v) is 3.19. The van der Waals surface area contributed by atoms with Crippen LogP contribution < -0.4 is 4.74 Å². The van der Waals surface area contributed by atoms with E-state index in [1.165, 1.54) is 0 Å². The van der Waals surface area contributed by atoms with Crippen LogP contribution in [0.1, 0.15) is 11.5 Å². The van der Waals surface area contributed by atoms with E-state index in [0.29, 0.717) is 21.4 Å². The first kappa shape index (κ1) is 14.7. The van der Waals surface area contributed by atoms with Crippen LogP contribution in [0.25, 0.3) is 0 Å². The van der Waals surface area contributed by atoms with Gasteiger partial charge >= 0.3 is 5.97 Å². The lowest BCUT2D eigenvalue weighted by molar-refractivity contribution is -0.139. The average Bonchev–Trinajstić information content (AvgIpc) is 2.38. The number of rotatable bonds is 5. The molecular formula is C15H12Cl2O3. The van der Waals surface area contributed by atoms with Gasteiger partial charge in [0, 0.05) is 10.0 Å². The molecule has 0 aromatic heterocycles. The zero-order valence-electron chi connectivity index (χ0n) is 10.4. The summed E-state index contributed by atoms with van der Waals surface area (Å²) in [4.78, 5) is 11.3. The predicted molar refractivity (Wildman–Crippen MR) is 78.8 cm³/mol. The van der Waals surface area contributed by atoms with Gasteiger partial charge in [-0.3, -0.25) is 4.79 Å². The first-order chi connectivity index (χ1) is 9.56. The maximum Gasteiger partial charge on any atom is 0.314 e. The van der Waals surface area contributed by atoms with E-state index in [-0.39, 0.29) is 6.61 Å². The molecule has 0 bridgehead atoms. The van der Waals surface area contributed by atoms with Crippen molar-refractivity contribution in [2.24, 2.45) is 0 Å². The van der Waals surface area contributed by atoms with Gasteiger partial charge in [0.25, 0.3) is 0 Å². The first-order valence-corrected chi connectivity index (χ1v) is 6.68. The van der Waals surface area contributed by atoms with Crippen molar-refractivity contribution in [1.29, 1.82) is 0 Å². The highest BCUT2D eigenvalue weighted by atomic mass is 35.5. The van der Waals surface area contributed by atoms with Crippen molar-refractivity contribution in [1.82, 2.24) is 0 Å². The summed E-state index contributed by atoms with van der Waals surface area (Å²) in [5, 5.41) is 10.2. The van der Waals surface area contributed by atoms with Crippen LogP contribution in [0, 0.1) is 0 Å². The topological polar surface area (TPSA) is 46.5 Å². The molecule has 0 aliphatic rings. The van der Waals surface area contributed by atoms with Gasteiger partial charge in [-0.15, -0.1) is 0 Å². The van der Waals surface area contributed by atoms with Crippen LogP contribution in [-0.4, -0.2) is 17.7 Å². The summed E-state index contributed by atoms with van der Waals surface area (Å²) in [6.07, 6.45) is 0. The number of benzene rings is 2. The molecular weight excluding hydrogens is 299 g/mol. The normalized spacial score (nSPS) is 11.9. The zero-order valence-corrected chi connectivity index (χ0v) is 11.9. The molecule has 0 radical (unpaired) electrons. The minimum atomic E-state index is -0.940. The fraction of sp³-hybridized carbons (Fsp3) is 0.133. The third kappa shape index (κ3) is 3.89. The van der Waals surface area contributed by atoms with Gasteiger partial charge in [0.15, 0.2) is 0 Å². The highest BCUT2D eigenvalue weighted by Gasteiger charge is 2.20. The minimum absolute atomic E-state index is 0.00994. The lowest BCUT2D eigenvalue weighted by atomic mass is 10.0. The van der Waals surface area contributed by atoms with Crippen LogP contribution in [0.5, 0.6) is 5.75 Å². The minimum Gasteiger partial charge on any atom is -0.492 e. The summed E-state index contributed by atoms with van der Waals surface area (Å²) in [6, 6.07) is 13.7. The molecule has 0 fully saturated rings. The van der Waals surface area contributed by atoms with E-state index in [2.05, 4.69) is 0 Å². The summed E-state index contributed by atoms with van der Waals surface area (Å²) >= 11 is 11.7. The molecule has 0 aliphatic carbocycles. The molecule has 3 nitrogen and oxygen atoms in total. The summed E-state index contributed by atoms with van der Waals surface area (Å²) < 4.78 is 5.50. The Balaban J connectivity index is 2.12. The molecule has 1 atom stereocenters. The molecule has 104 valence electrons. The number of carboxylic acid groups (broad SMARTS) is 1. The molecule has 0 heterocycles. The molecule has 2 aromatic carbocycles. The zero-order chi connectivity index (χ0) is 14.5. The smallest absolute Gasteiger partial charge is 0.314 e. The number of halogens is 2. The van der Waals surface area contributed by atoms with Crippen molar-refractivity contribution >= 4 is 29.2 Å². The number of hydrogen-bond acceptors (Lipinski definition) is 2. The van der Waals surface area contributed by atoms with Crippen LogP contribution in [0.4, 0.5) is 0 Å². The average molecular weight is 311 g/mol. The van der Waals surface area contributed by atoms with E-state index in [0.717, 1.165) is 0 Å². The number of aliphatic carboxylic acids is 1. The Morgan fingerprint density at radius 3 is 2.25 bits per heavy atom. The van der Waals surface area contributed by atoms with E-state index in [1.54, 1.807) is 42.5 Å². The van der Waals surface area contributed by atoms with Crippen LogP contribution in [0.15, 0.2) is 48.5 Å².